The molecule has 0 saturated carbocycles. The van der Waals surface area contributed by atoms with Crippen LogP contribution in [0.3, 0.4) is 0 Å². The Labute approximate surface area is 92.1 Å². The zero-order valence-corrected chi connectivity index (χ0v) is 10.5. The Balaban J connectivity index is 0. The van der Waals surface area contributed by atoms with Crippen LogP contribution in [-0.2, 0) is 0 Å². The second kappa shape index (κ2) is 6.44. The summed E-state index contributed by atoms with van der Waals surface area (Å²) in [5, 5.41) is 0. The molecule has 0 aromatic rings. The molecule has 88 valence electrons. The van der Waals surface area contributed by atoms with E-state index in [1.54, 1.807) is 0 Å². The lowest BCUT2D eigenvalue weighted by atomic mass is 10.0. The standard InChI is InChI=1S/C7H16N.C5H12.CH4/c1-8(2)6-4-3-5-7-8;1-5(2,3)4;/h3-7H2,1-2H3;1-4H3;1H4/q+1;;. The van der Waals surface area contributed by atoms with E-state index in [1.165, 1.54) is 36.8 Å². The van der Waals surface area contributed by atoms with Crippen LogP contribution in [0.1, 0.15) is 54.4 Å². The smallest absolute Gasteiger partial charge is 0.0782 e. The summed E-state index contributed by atoms with van der Waals surface area (Å²) in [6, 6.07) is 0. The van der Waals surface area contributed by atoms with Crippen molar-refractivity contribution in [2.24, 2.45) is 5.41 Å². The van der Waals surface area contributed by atoms with Gasteiger partial charge >= 0.3 is 0 Å². The Bertz CT molecular complexity index is 117. The predicted molar refractivity (Wildman–Crippen MR) is 67.6 cm³/mol. The van der Waals surface area contributed by atoms with Crippen LogP contribution in [-0.4, -0.2) is 31.7 Å². The molecule has 0 aromatic carbocycles. The molecule has 1 rings (SSSR count). The van der Waals surface area contributed by atoms with Gasteiger partial charge in [0.2, 0.25) is 0 Å². The molecule has 1 saturated heterocycles. The number of quaternary nitrogens is 1. The number of rotatable bonds is 0. The summed E-state index contributed by atoms with van der Waals surface area (Å²) < 4.78 is 1.25. The molecule has 0 bridgehead atoms. The quantitative estimate of drug-likeness (QED) is 0.522. The lowest BCUT2D eigenvalue weighted by molar-refractivity contribution is -0.894. The van der Waals surface area contributed by atoms with Gasteiger partial charge in [0, 0.05) is 0 Å². The van der Waals surface area contributed by atoms with Crippen LogP contribution in [0.2, 0.25) is 0 Å². The SMILES string of the molecule is C.CC(C)(C)C.C[N+]1(C)CCCCC1. The molecule has 0 amide bonds. The van der Waals surface area contributed by atoms with Crippen molar-refractivity contribution in [3.8, 4) is 0 Å². The van der Waals surface area contributed by atoms with E-state index in [2.05, 4.69) is 41.8 Å². The van der Waals surface area contributed by atoms with Gasteiger partial charge in [-0.1, -0.05) is 35.1 Å². The first-order chi connectivity index (χ1) is 5.71. The summed E-state index contributed by atoms with van der Waals surface area (Å²) in [5.41, 5.74) is 0.500. The van der Waals surface area contributed by atoms with Crippen molar-refractivity contribution >= 4 is 0 Å². The largest absolute Gasteiger partial charge is 0.328 e. The number of hydrogen-bond donors (Lipinski definition) is 0. The van der Waals surface area contributed by atoms with E-state index in [0.717, 1.165) is 0 Å². The van der Waals surface area contributed by atoms with Gasteiger partial charge in [0.15, 0.2) is 0 Å². The molecule has 1 fully saturated rings. The fourth-order valence-corrected chi connectivity index (χ4v) is 1.37. The summed E-state index contributed by atoms with van der Waals surface area (Å²) in [6.07, 6.45) is 4.34. The van der Waals surface area contributed by atoms with Gasteiger partial charge in [-0.15, -0.1) is 0 Å². The lowest BCUT2D eigenvalue weighted by Crippen LogP contribution is -2.43. The van der Waals surface area contributed by atoms with E-state index in [0.29, 0.717) is 5.41 Å². The first-order valence-electron chi connectivity index (χ1n) is 5.53. The van der Waals surface area contributed by atoms with Crippen molar-refractivity contribution in [1.82, 2.24) is 0 Å². The summed E-state index contributed by atoms with van der Waals surface area (Å²) >= 11 is 0. The second-order valence-electron chi connectivity index (χ2n) is 6.44. The molecule has 1 aliphatic heterocycles. The molecule has 1 nitrogen and oxygen atoms in total. The van der Waals surface area contributed by atoms with Crippen molar-refractivity contribution in [1.29, 1.82) is 0 Å². The zero-order chi connectivity index (χ0) is 10.5. The highest BCUT2D eigenvalue weighted by atomic mass is 15.3. The number of hydrogen-bond acceptors (Lipinski definition) is 0. The van der Waals surface area contributed by atoms with Gasteiger partial charge < -0.3 is 4.48 Å². The van der Waals surface area contributed by atoms with Crippen molar-refractivity contribution in [3.63, 3.8) is 0 Å². The molecule has 0 aliphatic carbocycles. The van der Waals surface area contributed by atoms with Crippen molar-refractivity contribution in [2.75, 3.05) is 27.2 Å². The van der Waals surface area contributed by atoms with E-state index >= 15 is 0 Å². The third kappa shape index (κ3) is 14.5. The van der Waals surface area contributed by atoms with Crippen molar-refractivity contribution < 1.29 is 4.48 Å². The first kappa shape index (κ1) is 16.4. The average molecular weight is 202 g/mol. The van der Waals surface area contributed by atoms with Crippen molar-refractivity contribution in [3.05, 3.63) is 0 Å². The van der Waals surface area contributed by atoms with Gasteiger partial charge in [-0.3, -0.25) is 0 Å². The molecule has 0 N–H and O–H groups in total. The maximum atomic E-state index is 2.32. The lowest BCUT2D eigenvalue weighted by Gasteiger charge is -2.33. The summed E-state index contributed by atoms with van der Waals surface area (Å²) in [6.45, 7) is 11.5. The summed E-state index contributed by atoms with van der Waals surface area (Å²) in [7, 11) is 4.64. The topological polar surface area (TPSA) is 0 Å². The van der Waals surface area contributed by atoms with Gasteiger partial charge in [-0.25, -0.2) is 0 Å². The van der Waals surface area contributed by atoms with Crippen molar-refractivity contribution in [2.45, 2.75) is 54.4 Å². The van der Waals surface area contributed by atoms with Gasteiger partial charge in [0.05, 0.1) is 27.2 Å². The Morgan fingerprint density at radius 1 is 0.786 bits per heavy atom. The van der Waals surface area contributed by atoms with Gasteiger partial charge in [-0.2, -0.15) is 0 Å². The minimum absolute atomic E-state index is 0. The van der Waals surface area contributed by atoms with Crippen LogP contribution in [0.4, 0.5) is 0 Å². The molecular weight excluding hydrogens is 170 g/mol. The predicted octanol–water partition coefficient (Wildman–Crippen LogP) is 3.94. The fraction of sp³-hybridized carbons (Fsp3) is 1.00. The Kier molecular flexibility index (Phi) is 7.55. The van der Waals surface area contributed by atoms with Crippen LogP contribution in [0.25, 0.3) is 0 Å². The number of likely N-dealkylation sites (tertiary alicyclic amines) is 1. The second-order valence-corrected chi connectivity index (χ2v) is 6.44. The molecule has 0 radical (unpaired) electrons. The van der Waals surface area contributed by atoms with E-state index in [-0.39, 0.29) is 7.43 Å². The van der Waals surface area contributed by atoms with E-state index < -0.39 is 0 Å². The normalized spacial score (nSPS) is 20.1. The van der Waals surface area contributed by atoms with E-state index in [9.17, 15) is 0 Å². The monoisotopic (exact) mass is 202 g/mol. The van der Waals surface area contributed by atoms with Crippen LogP contribution in [0.15, 0.2) is 0 Å². The number of nitrogens with zero attached hydrogens (tertiary/aromatic N) is 1. The summed E-state index contributed by atoms with van der Waals surface area (Å²) in [4.78, 5) is 0. The highest BCUT2D eigenvalue weighted by molar-refractivity contribution is 4.48. The highest BCUT2D eigenvalue weighted by Crippen LogP contribution is 2.12. The molecule has 14 heavy (non-hydrogen) atoms. The van der Waals surface area contributed by atoms with Crippen LogP contribution in [0, 0.1) is 5.41 Å². The number of piperidine rings is 1. The fourth-order valence-electron chi connectivity index (χ4n) is 1.37. The molecular formula is C13H32N+. The third-order valence-corrected chi connectivity index (χ3v) is 2.03. The maximum absolute atomic E-state index is 2.32. The molecule has 0 unspecified atom stereocenters. The third-order valence-electron chi connectivity index (χ3n) is 2.03. The molecule has 0 aromatic heterocycles. The molecule has 1 heteroatoms. The summed E-state index contributed by atoms with van der Waals surface area (Å²) in [5.74, 6) is 0. The minimum Gasteiger partial charge on any atom is -0.328 e. The van der Waals surface area contributed by atoms with Gasteiger partial charge in [-0.05, 0) is 24.7 Å². The highest BCUT2D eigenvalue weighted by Gasteiger charge is 2.17. The van der Waals surface area contributed by atoms with E-state index in [1.807, 2.05) is 0 Å². The Hall–Kier alpha value is -0.0400. The van der Waals surface area contributed by atoms with Crippen LogP contribution in [0.5, 0.6) is 0 Å². The Morgan fingerprint density at radius 2 is 1.07 bits per heavy atom. The molecule has 1 aliphatic rings. The van der Waals surface area contributed by atoms with Gasteiger partial charge in [0.1, 0.15) is 0 Å². The minimum atomic E-state index is 0. The molecule has 1 heterocycles. The average Bonchev–Trinajstić information content (AvgIpc) is 1.82. The maximum Gasteiger partial charge on any atom is 0.0782 e. The van der Waals surface area contributed by atoms with Crippen LogP contribution < -0.4 is 0 Å². The van der Waals surface area contributed by atoms with Gasteiger partial charge in [0.25, 0.3) is 0 Å². The zero-order valence-electron chi connectivity index (χ0n) is 10.5. The van der Waals surface area contributed by atoms with E-state index in [4.69, 9.17) is 0 Å². The Morgan fingerprint density at radius 3 is 1.21 bits per heavy atom. The first-order valence-corrected chi connectivity index (χ1v) is 5.53. The molecule has 0 atom stereocenters. The molecule has 0 spiro atoms. The van der Waals surface area contributed by atoms with Crippen LogP contribution >= 0.6 is 0 Å².